The van der Waals surface area contributed by atoms with E-state index in [1.807, 2.05) is 54.6 Å². The summed E-state index contributed by atoms with van der Waals surface area (Å²) < 4.78 is 1.75. The van der Waals surface area contributed by atoms with Crippen molar-refractivity contribution in [3.05, 3.63) is 72.6 Å². The largest absolute Gasteiger partial charge is 0.508 e. The number of para-hydroxylation sites is 1. The second-order valence-corrected chi connectivity index (χ2v) is 6.39. The Morgan fingerprint density at radius 3 is 2.59 bits per heavy atom. The fourth-order valence-electron chi connectivity index (χ4n) is 3.17. The van der Waals surface area contributed by atoms with E-state index < -0.39 is 0 Å². The van der Waals surface area contributed by atoms with E-state index in [1.54, 1.807) is 10.6 Å². The van der Waals surface area contributed by atoms with Crippen LogP contribution in [-0.2, 0) is 6.54 Å². The van der Waals surface area contributed by atoms with Crippen molar-refractivity contribution in [2.24, 2.45) is 0 Å². The van der Waals surface area contributed by atoms with Crippen molar-refractivity contribution in [3.63, 3.8) is 0 Å². The maximum Gasteiger partial charge on any atom is 0.254 e. The van der Waals surface area contributed by atoms with Gasteiger partial charge in [-0.3, -0.25) is 0 Å². The Morgan fingerprint density at radius 2 is 1.81 bits per heavy atom. The Balaban J connectivity index is 1.81. The highest BCUT2D eigenvalue weighted by atomic mass is 16.3. The molecule has 6 heteroatoms. The first kappa shape index (κ1) is 17.0. The Morgan fingerprint density at radius 1 is 1.04 bits per heavy atom. The smallest absolute Gasteiger partial charge is 0.254 e. The minimum Gasteiger partial charge on any atom is -0.508 e. The van der Waals surface area contributed by atoms with Gasteiger partial charge in [-0.2, -0.15) is 14.6 Å². The molecule has 2 heterocycles. The van der Waals surface area contributed by atoms with Gasteiger partial charge in [-0.15, -0.1) is 0 Å². The van der Waals surface area contributed by atoms with E-state index in [0.29, 0.717) is 18.1 Å². The number of aromatic nitrogens is 4. The van der Waals surface area contributed by atoms with Gasteiger partial charge in [0.1, 0.15) is 17.9 Å². The first-order valence-electron chi connectivity index (χ1n) is 9.04. The van der Waals surface area contributed by atoms with Gasteiger partial charge in [-0.25, -0.2) is 4.98 Å². The maximum absolute atomic E-state index is 10.2. The van der Waals surface area contributed by atoms with E-state index in [1.165, 1.54) is 6.33 Å². The monoisotopic (exact) mass is 359 g/mol. The summed E-state index contributed by atoms with van der Waals surface area (Å²) in [4.78, 5) is 11.1. The SMILES string of the molecule is CCCN(Cc1ccccc1O)c1cc(-c2ccccc2)nc2ncnn12. The van der Waals surface area contributed by atoms with Gasteiger partial charge in [0.15, 0.2) is 0 Å². The first-order chi connectivity index (χ1) is 13.3. The number of hydrogen-bond donors (Lipinski definition) is 1. The summed E-state index contributed by atoms with van der Waals surface area (Å²) in [5, 5.41) is 14.6. The third kappa shape index (κ3) is 3.46. The molecular formula is C21H21N5O. The Kier molecular flexibility index (Phi) is 4.70. The second kappa shape index (κ2) is 7.45. The molecule has 0 aliphatic rings. The van der Waals surface area contributed by atoms with Crippen molar-refractivity contribution >= 4 is 11.6 Å². The van der Waals surface area contributed by atoms with Gasteiger partial charge in [0, 0.05) is 30.3 Å². The Hall–Kier alpha value is -3.41. The molecule has 0 bridgehead atoms. The van der Waals surface area contributed by atoms with Crippen LogP contribution in [-0.4, -0.2) is 31.2 Å². The molecule has 0 atom stereocenters. The van der Waals surface area contributed by atoms with Crippen LogP contribution in [0, 0.1) is 0 Å². The number of hydrogen-bond acceptors (Lipinski definition) is 5. The molecule has 0 aliphatic heterocycles. The highest BCUT2D eigenvalue weighted by Crippen LogP contribution is 2.26. The molecule has 0 radical (unpaired) electrons. The van der Waals surface area contributed by atoms with Crippen molar-refractivity contribution in [1.29, 1.82) is 0 Å². The first-order valence-corrected chi connectivity index (χ1v) is 9.04. The topological polar surface area (TPSA) is 66.5 Å². The normalized spacial score (nSPS) is 11.0. The zero-order chi connectivity index (χ0) is 18.6. The molecule has 27 heavy (non-hydrogen) atoms. The van der Waals surface area contributed by atoms with Gasteiger partial charge in [-0.05, 0) is 12.5 Å². The maximum atomic E-state index is 10.2. The van der Waals surface area contributed by atoms with Gasteiger partial charge in [0.05, 0.1) is 5.69 Å². The lowest BCUT2D eigenvalue weighted by Gasteiger charge is -2.25. The second-order valence-electron chi connectivity index (χ2n) is 6.39. The van der Waals surface area contributed by atoms with Crippen molar-refractivity contribution < 1.29 is 5.11 Å². The number of phenolic OH excluding ortho intramolecular Hbond substituents is 1. The lowest BCUT2D eigenvalue weighted by molar-refractivity contribution is 0.467. The van der Waals surface area contributed by atoms with Crippen LogP contribution in [0.5, 0.6) is 5.75 Å². The molecule has 4 rings (SSSR count). The van der Waals surface area contributed by atoms with Crippen LogP contribution in [0.3, 0.4) is 0 Å². The van der Waals surface area contributed by atoms with Crippen LogP contribution in [0.4, 0.5) is 5.82 Å². The highest BCUT2D eigenvalue weighted by molar-refractivity contribution is 5.65. The third-order valence-electron chi connectivity index (χ3n) is 4.47. The molecular weight excluding hydrogens is 338 g/mol. The van der Waals surface area contributed by atoms with Gasteiger partial charge in [-0.1, -0.05) is 55.5 Å². The fraction of sp³-hybridized carbons (Fsp3) is 0.190. The van der Waals surface area contributed by atoms with E-state index in [9.17, 15) is 5.11 Å². The molecule has 136 valence electrons. The van der Waals surface area contributed by atoms with Gasteiger partial charge < -0.3 is 10.0 Å². The molecule has 0 aliphatic carbocycles. The predicted molar refractivity (Wildman–Crippen MR) is 106 cm³/mol. The number of phenols is 1. The molecule has 0 fully saturated rings. The summed E-state index contributed by atoms with van der Waals surface area (Å²) in [7, 11) is 0. The molecule has 0 saturated carbocycles. The van der Waals surface area contributed by atoms with Crippen LogP contribution < -0.4 is 4.90 Å². The van der Waals surface area contributed by atoms with Crippen molar-refractivity contribution in [2.45, 2.75) is 19.9 Å². The van der Waals surface area contributed by atoms with E-state index in [2.05, 4.69) is 26.9 Å². The molecule has 4 aromatic rings. The van der Waals surface area contributed by atoms with Crippen LogP contribution >= 0.6 is 0 Å². The zero-order valence-electron chi connectivity index (χ0n) is 15.2. The van der Waals surface area contributed by atoms with Crippen LogP contribution in [0.25, 0.3) is 17.0 Å². The summed E-state index contributed by atoms with van der Waals surface area (Å²) in [6.07, 6.45) is 2.48. The Bertz CT molecular complexity index is 1040. The summed E-state index contributed by atoms with van der Waals surface area (Å²) in [6, 6.07) is 19.5. The highest BCUT2D eigenvalue weighted by Gasteiger charge is 2.16. The zero-order valence-corrected chi connectivity index (χ0v) is 15.2. The van der Waals surface area contributed by atoms with Gasteiger partial charge >= 0.3 is 0 Å². The van der Waals surface area contributed by atoms with Crippen LogP contribution in [0.15, 0.2) is 67.0 Å². The fourth-order valence-corrected chi connectivity index (χ4v) is 3.17. The lowest BCUT2D eigenvalue weighted by atomic mass is 10.1. The number of benzene rings is 2. The predicted octanol–water partition coefficient (Wildman–Crippen LogP) is 3.91. The number of aromatic hydroxyl groups is 1. The number of fused-ring (bicyclic) bond motifs is 1. The summed E-state index contributed by atoms with van der Waals surface area (Å²) >= 11 is 0. The molecule has 0 amide bonds. The van der Waals surface area contributed by atoms with Crippen molar-refractivity contribution in [2.75, 3.05) is 11.4 Å². The molecule has 6 nitrogen and oxygen atoms in total. The molecule has 1 N–H and O–H groups in total. The average Bonchev–Trinajstić information content (AvgIpc) is 3.18. The minimum absolute atomic E-state index is 0.297. The molecule has 2 aromatic carbocycles. The number of anilines is 1. The van der Waals surface area contributed by atoms with Crippen LogP contribution in [0.2, 0.25) is 0 Å². The van der Waals surface area contributed by atoms with E-state index >= 15 is 0 Å². The van der Waals surface area contributed by atoms with Gasteiger partial charge in [0.2, 0.25) is 0 Å². The lowest BCUT2D eigenvalue weighted by Crippen LogP contribution is -2.26. The van der Waals surface area contributed by atoms with E-state index in [0.717, 1.165) is 35.6 Å². The minimum atomic E-state index is 0.297. The molecule has 0 unspecified atom stereocenters. The summed E-state index contributed by atoms with van der Waals surface area (Å²) in [5.74, 6) is 1.76. The number of nitrogens with zero attached hydrogens (tertiary/aromatic N) is 5. The molecule has 2 aromatic heterocycles. The standard InChI is InChI=1S/C21H21N5O/c1-2-12-25(14-17-10-6-7-11-19(17)27)20-13-18(16-8-4-3-5-9-16)24-21-22-15-23-26(20)21/h3-11,13,15,27H,2,12,14H2,1H3. The van der Waals surface area contributed by atoms with Crippen LogP contribution in [0.1, 0.15) is 18.9 Å². The quantitative estimate of drug-likeness (QED) is 0.565. The third-order valence-corrected chi connectivity index (χ3v) is 4.47. The van der Waals surface area contributed by atoms with E-state index in [4.69, 9.17) is 0 Å². The number of rotatable bonds is 6. The summed E-state index contributed by atoms with van der Waals surface area (Å²) in [6.45, 7) is 3.53. The average molecular weight is 359 g/mol. The van der Waals surface area contributed by atoms with E-state index in [-0.39, 0.29) is 0 Å². The van der Waals surface area contributed by atoms with Gasteiger partial charge in [0.25, 0.3) is 5.78 Å². The Labute approximate surface area is 157 Å². The summed E-state index contributed by atoms with van der Waals surface area (Å²) in [5.41, 5.74) is 2.75. The molecule has 0 spiro atoms. The van der Waals surface area contributed by atoms with Crippen molar-refractivity contribution in [1.82, 2.24) is 19.6 Å². The van der Waals surface area contributed by atoms with Crippen molar-refractivity contribution in [3.8, 4) is 17.0 Å². The molecule has 0 saturated heterocycles.